The zero-order chi connectivity index (χ0) is 13.3. The molecule has 2 rings (SSSR count). The molecule has 1 amide bonds. The van der Waals surface area contributed by atoms with Gasteiger partial charge in [0.1, 0.15) is 0 Å². The predicted octanol–water partition coefficient (Wildman–Crippen LogP) is 2.86. The number of nitrogens with one attached hydrogen (secondary N) is 1. The molecule has 1 saturated heterocycles. The maximum absolute atomic E-state index is 12.9. The number of benzene rings is 1. The van der Waals surface area contributed by atoms with E-state index in [2.05, 4.69) is 11.9 Å². The molecule has 1 N–H and O–H groups in total. The standard InChI is InChI=1S/C13H12F3NO/c1-2-11-9(7-12(18)17-11)8-5-3-4-6-10(8)13(14,15)16/h2-6,9,11H,1,7H2,(H,17,18). The second kappa shape index (κ2) is 4.48. The lowest BCUT2D eigenvalue weighted by atomic mass is 9.88. The van der Waals surface area contributed by atoms with Gasteiger partial charge in [-0.2, -0.15) is 13.2 Å². The summed E-state index contributed by atoms with van der Waals surface area (Å²) < 4.78 is 38.7. The molecule has 0 aliphatic carbocycles. The molecule has 2 unspecified atom stereocenters. The van der Waals surface area contributed by atoms with Crippen molar-refractivity contribution in [2.75, 3.05) is 0 Å². The number of alkyl halides is 3. The van der Waals surface area contributed by atoms with E-state index in [0.717, 1.165) is 6.07 Å². The fraction of sp³-hybridized carbons (Fsp3) is 0.308. The third-order valence-electron chi connectivity index (χ3n) is 3.09. The number of carbonyl (C=O) groups is 1. The second-order valence-corrected chi connectivity index (χ2v) is 4.22. The Morgan fingerprint density at radius 2 is 2.00 bits per heavy atom. The van der Waals surface area contributed by atoms with E-state index in [1.165, 1.54) is 18.2 Å². The predicted molar refractivity (Wildman–Crippen MR) is 60.9 cm³/mol. The lowest BCUT2D eigenvalue weighted by Crippen LogP contribution is -2.26. The summed E-state index contributed by atoms with van der Waals surface area (Å²) >= 11 is 0. The Bertz CT molecular complexity index is 481. The van der Waals surface area contributed by atoms with Crippen LogP contribution in [-0.4, -0.2) is 11.9 Å². The van der Waals surface area contributed by atoms with Crippen molar-refractivity contribution in [3.8, 4) is 0 Å². The average Bonchev–Trinajstić information content (AvgIpc) is 2.69. The third kappa shape index (κ3) is 2.25. The van der Waals surface area contributed by atoms with Crippen molar-refractivity contribution in [2.45, 2.75) is 24.6 Å². The molecule has 1 aromatic rings. The minimum atomic E-state index is -4.41. The van der Waals surface area contributed by atoms with Crippen LogP contribution in [0.5, 0.6) is 0 Å². The fourth-order valence-corrected chi connectivity index (χ4v) is 2.28. The van der Waals surface area contributed by atoms with Crippen molar-refractivity contribution in [3.05, 3.63) is 48.0 Å². The van der Waals surface area contributed by atoms with Crippen LogP contribution < -0.4 is 5.32 Å². The highest BCUT2D eigenvalue weighted by molar-refractivity contribution is 5.80. The zero-order valence-electron chi connectivity index (χ0n) is 9.50. The van der Waals surface area contributed by atoms with Crippen LogP contribution in [0.4, 0.5) is 13.2 Å². The van der Waals surface area contributed by atoms with Crippen LogP contribution >= 0.6 is 0 Å². The van der Waals surface area contributed by atoms with Gasteiger partial charge in [0, 0.05) is 12.3 Å². The maximum Gasteiger partial charge on any atom is 0.416 e. The topological polar surface area (TPSA) is 29.1 Å². The first-order chi connectivity index (χ1) is 8.43. The molecule has 2 atom stereocenters. The summed E-state index contributed by atoms with van der Waals surface area (Å²) in [4.78, 5) is 11.3. The van der Waals surface area contributed by atoms with Gasteiger partial charge in [0.05, 0.1) is 11.6 Å². The first kappa shape index (κ1) is 12.7. The van der Waals surface area contributed by atoms with Crippen LogP contribution in [0.1, 0.15) is 23.5 Å². The van der Waals surface area contributed by atoms with Gasteiger partial charge in [-0.1, -0.05) is 24.3 Å². The summed E-state index contributed by atoms with van der Waals surface area (Å²) in [5.74, 6) is -0.755. The molecule has 1 fully saturated rings. The summed E-state index contributed by atoms with van der Waals surface area (Å²) in [6.07, 6.45) is -2.87. The molecule has 0 spiro atoms. The van der Waals surface area contributed by atoms with Crippen LogP contribution in [0, 0.1) is 0 Å². The quantitative estimate of drug-likeness (QED) is 0.809. The highest BCUT2D eigenvalue weighted by atomic mass is 19.4. The van der Waals surface area contributed by atoms with E-state index >= 15 is 0 Å². The summed E-state index contributed by atoms with van der Waals surface area (Å²) in [6.45, 7) is 3.55. The SMILES string of the molecule is C=CC1NC(=O)CC1c1ccccc1C(F)(F)F. The molecule has 96 valence electrons. The van der Waals surface area contributed by atoms with Gasteiger partial charge in [0.15, 0.2) is 0 Å². The van der Waals surface area contributed by atoms with Gasteiger partial charge in [0.25, 0.3) is 0 Å². The molecule has 0 radical (unpaired) electrons. The van der Waals surface area contributed by atoms with Crippen LogP contribution in [-0.2, 0) is 11.0 Å². The van der Waals surface area contributed by atoms with Crippen molar-refractivity contribution >= 4 is 5.91 Å². The Balaban J connectivity index is 2.45. The average molecular weight is 255 g/mol. The van der Waals surface area contributed by atoms with E-state index in [-0.39, 0.29) is 17.9 Å². The van der Waals surface area contributed by atoms with E-state index in [1.54, 1.807) is 6.07 Å². The number of hydrogen-bond donors (Lipinski definition) is 1. The molecule has 0 bridgehead atoms. The molecule has 1 aliphatic rings. The third-order valence-corrected chi connectivity index (χ3v) is 3.09. The molecule has 2 nitrogen and oxygen atoms in total. The first-order valence-corrected chi connectivity index (χ1v) is 5.51. The Labute approximate surface area is 102 Å². The van der Waals surface area contributed by atoms with Crippen LogP contribution in [0.25, 0.3) is 0 Å². The van der Waals surface area contributed by atoms with Crippen molar-refractivity contribution in [1.29, 1.82) is 0 Å². The lowest BCUT2D eigenvalue weighted by molar-refractivity contribution is -0.138. The van der Waals surface area contributed by atoms with Crippen molar-refractivity contribution in [3.63, 3.8) is 0 Å². The molecule has 0 saturated carbocycles. The molecule has 1 aromatic carbocycles. The van der Waals surface area contributed by atoms with E-state index in [9.17, 15) is 18.0 Å². The summed E-state index contributed by atoms with van der Waals surface area (Å²) in [5, 5.41) is 2.61. The van der Waals surface area contributed by atoms with E-state index < -0.39 is 23.7 Å². The number of amides is 1. The lowest BCUT2D eigenvalue weighted by Gasteiger charge is -2.20. The van der Waals surface area contributed by atoms with E-state index in [4.69, 9.17) is 0 Å². The van der Waals surface area contributed by atoms with Gasteiger partial charge < -0.3 is 5.32 Å². The monoisotopic (exact) mass is 255 g/mol. The highest BCUT2D eigenvalue weighted by Gasteiger charge is 2.39. The summed E-state index contributed by atoms with van der Waals surface area (Å²) in [5.41, 5.74) is -0.536. The van der Waals surface area contributed by atoms with Gasteiger partial charge in [-0.05, 0) is 11.6 Å². The molecule has 1 aliphatic heterocycles. The van der Waals surface area contributed by atoms with Crippen LogP contribution in [0.15, 0.2) is 36.9 Å². The van der Waals surface area contributed by atoms with Gasteiger partial charge in [-0.15, -0.1) is 6.58 Å². The Morgan fingerprint density at radius 1 is 1.33 bits per heavy atom. The molecule has 18 heavy (non-hydrogen) atoms. The molecule has 5 heteroatoms. The number of carbonyl (C=O) groups excluding carboxylic acids is 1. The molecular formula is C13H12F3NO. The highest BCUT2D eigenvalue weighted by Crippen LogP contribution is 2.39. The van der Waals surface area contributed by atoms with Gasteiger partial charge in [-0.3, -0.25) is 4.79 Å². The largest absolute Gasteiger partial charge is 0.416 e. The molecule has 1 heterocycles. The number of hydrogen-bond acceptors (Lipinski definition) is 1. The number of rotatable bonds is 2. The summed E-state index contributed by atoms with van der Waals surface area (Å²) in [7, 11) is 0. The zero-order valence-corrected chi connectivity index (χ0v) is 9.50. The first-order valence-electron chi connectivity index (χ1n) is 5.51. The number of halogens is 3. The van der Waals surface area contributed by atoms with Crippen LogP contribution in [0.3, 0.4) is 0 Å². The molecule has 0 aromatic heterocycles. The van der Waals surface area contributed by atoms with Crippen LogP contribution in [0.2, 0.25) is 0 Å². The fourth-order valence-electron chi connectivity index (χ4n) is 2.28. The van der Waals surface area contributed by atoms with Gasteiger partial charge in [-0.25, -0.2) is 0 Å². The van der Waals surface area contributed by atoms with E-state index in [1.807, 2.05) is 0 Å². The van der Waals surface area contributed by atoms with Crippen molar-refractivity contribution < 1.29 is 18.0 Å². The second-order valence-electron chi connectivity index (χ2n) is 4.22. The summed E-state index contributed by atoms with van der Waals surface area (Å²) in [6, 6.07) is 4.91. The normalized spacial score (nSPS) is 23.8. The maximum atomic E-state index is 12.9. The van der Waals surface area contributed by atoms with Gasteiger partial charge >= 0.3 is 6.18 Å². The Hall–Kier alpha value is -1.78. The smallest absolute Gasteiger partial charge is 0.349 e. The van der Waals surface area contributed by atoms with Gasteiger partial charge in [0.2, 0.25) is 5.91 Å². The molecular weight excluding hydrogens is 243 g/mol. The minimum Gasteiger partial charge on any atom is -0.349 e. The Morgan fingerprint density at radius 3 is 2.61 bits per heavy atom. The van der Waals surface area contributed by atoms with Crippen molar-refractivity contribution in [2.24, 2.45) is 0 Å². The van der Waals surface area contributed by atoms with Crippen molar-refractivity contribution in [1.82, 2.24) is 5.32 Å². The minimum absolute atomic E-state index is 0.0593. The Kier molecular flexibility index (Phi) is 3.15. The van der Waals surface area contributed by atoms with E-state index in [0.29, 0.717) is 0 Å².